The Labute approximate surface area is 94.2 Å². The molecule has 0 N–H and O–H groups in total. The summed E-state index contributed by atoms with van der Waals surface area (Å²) in [6.07, 6.45) is 0. The molecule has 92 valence electrons. The van der Waals surface area contributed by atoms with Crippen molar-refractivity contribution in [3.63, 3.8) is 0 Å². The van der Waals surface area contributed by atoms with E-state index >= 15 is 0 Å². The van der Waals surface area contributed by atoms with E-state index in [-0.39, 0.29) is 0 Å². The molecule has 0 amide bonds. The standard InChI is InChI=1S/C8H22O5Si2/c1-9-14(5,6)8-7-13-15(10-2,11-3)12-4/h7-8H2,1-6H3. The van der Waals surface area contributed by atoms with Crippen molar-refractivity contribution in [3.8, 4) is 0 Å². The molecule has 0 heterocycles. The lowest BCUT2D eigenvalue weighted by Gasteiger charge is -2.25. The second kappa shape index (κ2) is 6.74. The molecular formula is C8H22O5Si2. The van der Waals surface area contributed by atoms with Gasteiger partial charge in [0, 0.05) is 35.0 Å². The lowest BCUT2D eigenvalue weighted by molar-refractivity contribution is 0.00883. The smallest absolute Gasteiger partial charge is 0.420 e. The monoisotopic (exact) mass is 254 g/mol. The molecule has 0 atom stereocenters. The lowest BCUT2D eigenvalue weighted by atomic mass is 10.9. The molecule has 0 aromatic carbocycles. The van der Waals surface area contributed by atoms with Gasteiger partial charge in [0.1, 0.15) is 0 Å². The third kappa shape index (κ3) is 5.20. The van der Waals surface area contributed by atoms with Crippen LogP contribution in [0.1, 0.15) is 0 Å². The summed E-state index contributed by atoms with van der Waals surface area (Å²) < 4.78 is 26.3. The summed E-state index contributed by atoms with van der Waals surface area (Å²) in [5.41, 5.74) is 0. The van der Waals surface area contributed by atoms with Crippen molar-refractivity contribution in [2.24, 2.45) is 0 Å². The highest BCUT2D eigenvalue weighted by atomic mass is 28.4. The number of rotatable bonds is 8. The third-order valence-electron chi connectivity index (χ3n) is 2.29. The van der Waals surface area contributed by atoms with Gasteiger partial charge in [-0.05, 0) is 19.1 Å². The summed E-state index contributed by atoms with van der Waals surface area (Å²) in [5.74, 6) is 0. The Balaban J connectivity index is 4.02. The van der Waals surface area contributed by atoms with E-state index in [1.165, 1.54) is 21.3 Å². The summed E-state index contributed by atoms with van der Waals surface area (Å²) in [7, 11) is 1.87. The van der Waals surface area contributed by atoms with E-state index in [1.54, 1.807) is 7.11 Å². The zero-order valence-corrected chi connectivity index (χ0v) is 12.5. The van der Waals surface area contributed by atoms with Crippen molar-refractivity contribution in [1.82, 2.24) is 0 Å². The molecule has 0 aliphatic heterocycles. The molecule has 0 radical (unpaired) electrons. The first kappa shape index (κ1) is 15.2. The molecule has 0 saturated carbocycles. The Morgan fingerprint density at radius 3 is 1.60 bits per heavy atom. The fraction of sp³-hybridized carbons (Fsp3) is 1.00. The van der Waals surface area contributed by atoms with Crippen LogP contribution in [0.15, 0.2) is 0 Å². The maximum Gasteiger partial charge on any atom is 0.678 e. The van der Waals surface area contributed by atoms with Crippen molar-refractivity contribution in [2.45, 2.75) is 19.1 Å². The van der Waals surface area contributed by atoms with Crippen LogP contribution in [-0.4, -0.2) is 52.4 Å². The second-order valence-corrected chi connectivity index (χ2v) is 10.6. The van der Waals surface area contributed by atoms with Crippen LogP contribution < -0.4 is 0 Å². The van der Waals surface area contributed by atoms with Crippen LogP contribution in [0.3, 0.4) is 0 Å². The Hall–Kier alpha value is 0.234. The van der Waals surface area contributed by atoms with Gasteiger partial charge in [0.15, 0.2) is 8.32 Å². The zero-order valence-electron chi connectivity index (χ0n) is 10.5. The Kier molecular flexibility index (Phi) is 6.84. The van der Waals surface area contributed by atoms with Crippen LogP contribution >= 0.6 is 0 Å². The van der Waals surface area contributed by atoms with Crippen molar-refractivity contribution < 1.29 is 22.1 Å². The summed E-state index contributed by atoms with van der Waals surface area (Å²) in [4.78, 5) is 0. The predicted molar refractivity (Wildman–Crippen MR) is 62.0 cm³/mol. The van der Waals surface area contributed by atoms with Crippen LogP contribution in [0.4, 0.5) is 0 Å². The van der Waals surface area contributed by atoms with Gasteiger partial charge in [-0.1, -0.05) is 0 Å². The van der Waals surface area contributed by atoms with Crippen LogP contribution in [0, 0.1) is 0 Å². The molecule has 15 heavy (non-hydrogen) atoms. The quantitative estimate of drug-likeness (QED) is 0.610. The van der Waals surface area contributed by atoms with E-state index in [4.69, 9.17) is 22.1 Å². The Morgan fingerprint density at radius 2 is 1.27 bits per heavy atom. The zero-order chi connectivity index (χ0) is 11.9. The normalized spacial score (nSPS) is 13.2. The number of hydrogen-bond donors (Lipinski definition) is 0. The van der Waals surface area contributed by atoms with Gasteiger partial charge in [-0.2, -0.15) is 0 Å². The fourth-order valence-electron chi connectivity index (χ4n) is 0.951. The molecule has 0 aromatic rings. The van der Waals surface area contributed by atoms with Gasteiger partial charge in [-0.15, -0.1) is 0 Å². The van der Waals surface area contributed by atoms with Crippen LogP contribution in [0.5, 0.6) is 0 Å². The van der Waals surface area contributed by atoms with E-state index in [0.29, 0.717) is 6.61 Å². The molecule has 7 heteroatoms. The van der Waals surface area contributed by atoms with Gasteiger partial charge in [-0.3, -0.25) is 0 Å². The first-order chi connectivity index (χ1) is 6.95. The Morgan fingerprint density at radius 1 is 0.800 bits per heavy atom. The average molecular weight is 254 g/mol. The summed E-state index contributed by atoms with van der Waals surface area (Å²) >= 11 is 0. The predicted octanol–water partition coefficient (Wildman–Crippen LogP) is 1.23. The van der Waals surface area contributed by atoms with E-state index in [9.17, 15) is 0 Å². The number of hydrogen-bond acceptors (Lipinski definition) is 5. The van der Waals surface area contributed by atoms with Crippen molar-refractivity contribution in [2.75, 3.05) is 35.0 Å². The van der Waals surface area contributed by atoms with E-state index < -0.39 is 17.4 Å². The van der Waals surface area contributed by atoms with Gasteiger partial charge < -0.3 is 22.1 Å². The highest BCUT2D eigenvalue weighted by molar-refractivity contribution is 6.71. The first-order valence-electron chi connectivity index (χ1n) is 4.80. The van der Waals surface area contributed by atoms with Crippen molar-refractivity contribution in [3.05, 3.63) is 0 Å². The van der Waals surface area contributed by atoms with Crippen molar-refractivity contribution in [1.29, 1.82) is 0 Å². The van der Waals surface area contributed by atoms with E-state index in [2.05, 4.69) is 13.1 Å². The van der Waals surface area contributed by atoms with Gasteiger partial charge >= 0.3 is 9.05 Å². The van der Waals surface area contributed by atoms with Crippen molar-refractivity contribution >= 4 is 17.4 Å². The van der Waals surface area contributed by atoms with E-state index in [1.807, 2.05) is 0 Å². The topological polar surface area (TPSA) is 46.2 Å². The molecule has 0 aliphatic carbocycles. The highest BCUT2D eigenvalue weighted by Gasteiger charge is 2.42. The molecule has 0 bridgehead atoms. The summed E-state index contributed by atoms with van der Waals surface area (Å²) in [6.45, 7) is 4.80. The SMILES string of the molecule is CO[Si](C)(C)CCO[Si](OC)(OC)OC. The lowest BCUT2D eigenvalue weighted by Crippen LogP contribution is -2.47. The van der Waals surface area contributed by atoms with Crippen LogP contribution in [0.25, 0.3) is 0 Å². The molecule has 0 aliphatic rings. The molecule has 0 saturated heterocycles. The largest absolute Gasteiger partial charge is 0.678 e. The summed E-state index contributed by atoms with van der Waals surface area (Å²) in [6, 6.07) is 0.883. The summed E-state index contributed by atoms with van der Waals surface area (Å²) in [5, 5.41) is 0. The van der Waals surface area contributed by atoms with E-state index in [0.717, 1.165) is 6.04 Å². The minimum atomic E-state index is -2.86. The maximum absolute atomic E-state index is 5.54. The third-order valence-corrected chi connectivity index (χ3v) is 6.86. The highest BCUT2D eigenvalue weighted by Crippen LogP contribution is 2.13. The van der Waals surface area contributed by atoms with Gasteiger partial charge in [0.25, 0.3) is 0 Å². The minimum Gasteiger partial charge on any atom is -0.420 e. The second-order valence-electron chi connectivity index (χ2n) is 3.67. The average Bonchev–Trinajstić information content (AvgIpc) is 2.25. The Bertz CT molecular complexity index is 164. The van der Waals surface area contributed by atoms with Crippen LogP contribution in [0.2, 0.25) is 19.1 Å². The first-order valence-corrected chi connectivity index (χ1v) is 9.54. The van der Waals surface area contributed by atoms with Gasteiger partial charge in [0.05, 0.1) is 0 Å². The molecule has 0 unspecified atom stereocenters. The minimum absolute atomic E-state index is 0.537. The molecule has 0 aromatic heterocycles. The van der Waals surface area contributed by atoms with Gasteiger partial charge in [-0.25, -0.2) is 0 Å². The molecule has 0 rings (SSSR count). The molecular weight excluding hydrogens is 232 g/mol. The molecule has 5 nitrogen and oxygen atoms in total. The molecule has 0 fully saturated rings. The maximum atomic E-state index is 5.54. The van der Waals surface area contributed by atoms with Crippen LogP contribution in [-0.2, 0) is 22.1 Å². The molecule has 0 spiro atoms. The van der Waals surface area contributed by atoms with Gasteiger partial charge in [0.2, 0.25) is 0 Å². The fourth-order valence-corrected chi connectivity index (χ4v) is 3.16.